The minimum absolute atomic E-state index is 0.0530. The lowest BCUT2D eigenvalue weighted by Gasteiger charge is -2.24. The summed E-state index contributed by atoms with van der Waals surface area (Å²) in [6.07, 6.45) is 4.39. The van der Waals surface area contributed by atoms with Gasteiger partial charge in [0.1, 0.15) is 0 Å². The normalized spacial score (nSPS) is 16.7. The molecule has 0 spiro atoms. The first-order chi connectivity index (χ1) is 13.6. The maximum Gasteiger partial charge on any atom is 0.416 e. The third-order valence-corrected chi connectivity index (χ3v) is 6.29. The second kappa shape index (κ2) is 10.3. The van der Waals surface area contributed by atoms with E-state index in [0.717, 1.165) is 48.4 Å². The summed E-state index contributed by atoms with van der Waals surface area (Å²) in [6.45, 7) is -0.0573. The van der Waals surface area contributed by atoms with Crippen LogP contribution in [0.1, 0.15) is 63.4 Å². The van der Waals surface area contributed by atoms with Crippen LogP contribution in [0.2, 0.25) is 0 Å². The molecule has 9 heteroatoms. The molecule has 1 aliphatic rings. The van der Waals surface area contributed by atoms with Crippen molar-refractivity contribution in [1.29, 1.82) is 0 Å². The number of hydrogen-bond acceptors (Lipinski definition) is 3. The molecule has 29 heavy (non-hydrogen) atoms. The van der Waals surface area contributed by atoms with Gasteiger partial charge in [0, 0.05) is 19.0 Å². The second-order valence-corrected chi connectivity index (χ2v) is 9.50. The maximum absolute atomic E-state index is 12.9. The van der Waals surface area contributed by atoms with Crippen LogP contribution in [0.25, 0.3) is 0 Å². The van der Waals surface area contributed by atoms with Crippen molar-refractivity contribution in [3.05, 3.63) is 29.8 Å². The number of alkyl halides is 3. The zero-order valence-corrected chi connectivity index (χ0v) is 17.5. The van der Waals surface area contributed by atoms with Crippen molar-refractivity contribution in [3.8, 4) is 0 Å². The SMILES string of the molecule is CS(=O)(=O)N(CCCC(=O)NC1CCCCCCC1)c1cccc(C(F)(F)F)c1. The number of rotatable bonds is 7. The summed E-state index contributed by atoms with van der Waals surface area (Å²) in [5.74, 6) is -0.145. The van der Waals surface area contributed by atoms with Gasteiger partial charge in [-0.1, -0.05) is 38.2 Å². The van der Waals surface area contributed by atoms with Gasteiger partial charge in [0.15, 0.2) is 0 Å². The molecule has 0 saturated heterocycles. The number of nitrogens with zero attached hydrogens (tertiary/aromatic N) is 1. The summed E-state index contributed by atoms with van der Waals surface area (Å²) >= 11 is 0. The van der Waals surface area contributed by atoms with Crippen LogP contribution in [0.3, 0.4) is 0 Å². The van der Waals surface area contributed by atoms with Crippen LogP contribution in [0.4, 0.5) is 18.9 Å². The maximum atomic E-state index is 12.9. The molecule has 5 nitrogen and oxygen atoms in total. The molecule has 0 radical (unpaired) electrons. The zero-order chi connectivity index (χ0) is 21.5. The minimum Gasteiger partial charge on any atom is -0.353 e. The molecule has 0 heterocycles. The van der Waals surface area contributed by atoms with E-state index >= 15 is 0 Å². The Morgan fingerprint density at radius 2 is 1.76 bits per heavy atom. The van der Waals surface area contributed by atoms with E-state index in [1.165, 1.54) is 31.4 Å². The number of hydrogen-bond donors (Lipinski definition) is 1. The lowest BCUT2D eigenvalue weighted by atomic mass is 9.96. The Balaban J connectivity index is 1.95. The number of halogens is 3. The number of sulfonamides is 1. The molecule has 1 aromatic rings. The fourth-order valence-corrected chi connectivity index (χ4v) is 4.56. The van der Waals surface area contributed by atoms with Crippen LogP contribution in [-0.4, -0.2) is 33.2 Å². The summed E-state index contributed by atoms with van der Waals surface area (Å²) in [4.78, 5) is 12.2. The van der Waals surface area contributed by atoms with Crippen LogP contribution in [0.5, 0.6) is 0 Å². The van der Waals surface area contributed by atoms with E-state index in [2.05, 4.69) is 5.32 Å². The van der Waals surface area contributed by atoms with Crippen LogP contribution in [0, 0.1) is 0 Å². The molecule has 164 valence electrons. The molecular weight excluding hydrogens is 405 g/mol. The summed E-state index contributed by atoms with van der Waals surface area (Å²) in [7, 11) is -3.78. The monoisotopic (exact) mass is 434 g/mol. The number of nitrogens with one attached hydrogen (secondary N) is 1. The van der Waals surface area contributed by atoms with Gasteiger partial charge in [-0.05, 0) is 37.5 Å². The van der Waals surface area contributed by atoms with Gasteiger partial charge < -0.3 is 5.32 Å². The largest absolute Gasteiger partial charge is 0.416 e. The molecule has 1 N–H and O–H groups in total. The molecule has 0 aromatic heterocycles. The third-order valence-electron chi connectivity index (χ3n) is 5.10. The predicted octanol–water partition coefficient (Wildman–Crippen LogP) is 4.48. The number of carbonyl (C=O) groups excluding carboxylic acids is 1. The highest BCUT2D eigenvalue weighted by molar-refractivity contribution is 7.92. The molecule has 1 fully saturated rings. The molecule has 1 aliphatic carbocycles. The average molecular weight is 435 g/mol. The minimum atomic E-state index is -4.56. The number of anilines is 1. The highest BCUT2D eigenvalue weighted by atomic mass is 32.2. The molecule has 1 aromatic carbocycles. The zero-order valence-electron chi connectivity index (χ0n) is 16.7. The fraction of sp³-hybridized carbons (Fsp3) is 0.650. The Labute approximate surface area is 170 Å². The fourth-order valence-electron chi connectivity index (χ4n) is 3.61. The van der Waals surface area contributed by atoms with Crippen molar-refractivity contribution in [2.24, 2.45) is 0 Å². The van der Waals surface area contributed by atoms with Gasteiger partial charge in [0.05, 0.1) is 17.5 Å². The van der Waals surface area contributed by atoms with Gasteiger partial charge >= 0.3 is 6.18 Å². The molecule has 0 unspecified atom stereocenters. The summed E-state index contributed by atoms with van der Waals surface area (Å²) < 4.78 is 63.9. The molecular formula is C20H29F3N2O3S. The molecule has 1 amide bonds. The Bertz CT molecular complexity index is 773. The van der Waals surface area contributed by atoms with Crippen molar-refractivity contribution in [1.82, 2.24) is 5.32 Å². The average Bonchev–Trinajstić information content (AvgIpc) is 2.59. The van der Waals surface area contributed by atoms with E-state index in [1.807, 2.05) is 0 Å². The van der Waals surface area contributed by atoms with E-state index in [0.29, 0.717) is 0 Å². The van der Waals surface area contributed by atoms with Crippen molar-refractivity contribution in [2.45, 2.75) is 70.0 Å². The van der Waals surface area contributed by atoms with Gasteiger partial charge in [-0.2, -0.15) is 13.2 Å². The number of amides is 1. The van der Waals surface area contributed by atoms with E-state index in [9.17, 15) is 26.4 Å². The molecule has 0 aliphatic heterocycles. The van der Waals surface area contributed by atoms with Gasteiger partial charge in [-0.25, -0.2) is 8.42 Å². The highest BCUT2D eigenvalue weighted by Gasteiger charge is 2.31. The van der Waals surface area contributed by atoms with Crippen molar-refractivity contribution in [2.75, 3.05) is 17.1 Å². The van der Waals surface area contributed by atoms with Crippen LogP contribution in [0.15, 0.2) is 24.3 Å². The first-order valence-corrected chi connectivity index (χ1v) is 11.9. The summed E-state index contributed by atoms with van der Waals surface area (Å²) in [5, 5.41) is 3.01. The smallest absolute Gasteiger partial charge is 0.353 e. The Morgan fingerprint density at radius 1 is 1.14 bits per heavy atom. The predicted molar refractivity (Wildman–Crippen MR) is 107 cm³/mol. The van der Waals surface area contributed by atoms with Gasteiger partial charge in [0.25, 0.3) is 0 Å². The Kier molecular flexibility index (Phi) is 8.36. The highest BCUT2D eigenvalue weighted by Crippen LogP contribution is 2.32. The molecule has 0 bridgehead atoms. The first-order valence-electron chi connectivity index (χ1n) is 10.0. The molecule has 1 saturated carbocycles. The number of benzene rings is 1. The summed E-state index contributed by atoms with van der Waals surface area (Å²) in [5.41, 5.74) is -0.964. The van der Waals surface area contributed by atoms with Crippen LogP contribution < -0.4 is 9.62 Å². The molecule has 2 rings (SSSR count). The van der Waals surface area contributed by atoms with E-state index in [1.54, 1.807) is 0 Å². The standard InChI is InChI=1S/C20H29F3N2O3S/c1-29(27,28)25(18-12-7-9-16(15-18)20(21,22)23)14-8-13-19(26)24-17-10-5-3-2-4-6-11-17/h7,9,12,15,17H,2-6,8,10-11,13-14H2,1H3,(H,24,26). The van der Waals surface area contributed by atoms with E-state index in [4.69, 9.17) is 0 Å². The second-order valence-electron chi connectivity index (χ2n) is 7.60. The van der Waals surface area contributed by atoms with Gasteiger partial charge in [0.2, 0.25) is 15.9 Å². The van der Waals surface area contributed by atoms with E-state index in [-0.39, 0.29) is 37.0 Å². The lowest BCUT2D eigenvalue weighted by Crippen LogP contribution is -2.36. The van der Waals surface area contributed by atoms with Gasteiger partial charge in [-0.15, -0.1) is 0 Å². The van der Waals surface area contributed by atoms with Crippen molar-refractivity contribution in [3.63, 3.8) is 0 Å². The van der Waals surface area contributed by atoms with Crippen LogP contribution >= 0.6 is 0 Å². The van der Waals surface area contributed by atoms with Crippen molar-refractivity contribution < 1.29 is 26.4 Å². The Hall–Kier alpha value is -1.77. The lowest BCUT2D eigenvalue weighted by molar-refractivity contribution is -0.137. The van der Waals surface area contributed by atoms with Crippen molar-refractivity contribution >= 4 is 21.6 Å². The molecule has 0 atom stereocenters. The number of carbonyl (C=O) groups is 1. The van der Waals surface area contributed by atoms with Gasteiger partial charge in [-0.3, -0.25) is 9.10 Å². The topological polar surface area (TPSA) is 66.5 Å². The first kappa shape index (κ1) is 23.5. The van der Waals surface area contributed by atoms with Crippen LogP contribution in [-0.2, 0) is 21.0 Å². The summed E-state index contributed by atoms with van der Waals surface area (Å²) in [6, 6.07) is 4.36. The Morgan fingerprint density at radius 3 is 2.34 bits per heavy atom. The quantitative estimate of drug-likeness (QED) is 0.688. The third kappa shape index (κ3) is 7.87. The van der Waals surface area contributed by atoms with E-state index < -0.39 is 21.8 Å².